The number of aliphatic carboxylic acids is 1. The zero-order valence-electron chi connectivity index (χ0n) is 6.95. The molecule has 0 aliphatic heterocycles. The molecule has 2 N–H and O–H groups in total. The fourth-order valence-electron chi connectivity index (χ4n) is 0.706. The van der Waals surface area contributed by atoms with E-state index in [0.717, 1.165) is 11.5 Å². The lowest BCUT2D eigenvalue weighted by atomic mass is 10.2. The van der Waals surface area contributed by atoms with E-state index in [2.05, 4.69) is 5.32 Å². The second-order valence-corrected chi connectivity index (χ2v) is 3.55. The van der Waals surface area contributed by atoms with Crippen LogP contribution in [0.4, 0.5) is 0 Å². The summed E-state index contributed by atoms with van der Waals surface area (Å²) in [5, 5.41) is 10.8. The molecule has 1 amide bonds. The molecule has 1 unspecified atom stereocenters. The van der Waals surface area contributed by atoms with Crippen LogP contribution in [0, 0.1) is 0 Å². The van der Waals surface area contributed by atoms with Crippen molar-refractivity contribution in [3.8, 4) is 0 Å². The summed E-state index contributed by atoms with van der Waals surface area (Å²) in [7, 11) is 0. The van der Waals surface area contributed by atoms with E-state index in [1.54, 1.807) is 11.8 Å². The lowest BCUT2D eigenvalue weighted by molar-refractivity contribution is -0.140. The summed E-state index contributed by atoms with van der Waals surface area (Å²) < 4.78 is 0. The second kappa shape index (κ2) is 6.97. The molecule has 5 heteroatoms. The minimum Gasteiger partial charge on any atom is -0.480 e. The van der Waals surface area contributed by atoms with Gasteiger partial charge in [0.25, 0.3) is 0 Å². The van der Waals surface area contributed by atoms with Gasteiger partial charge in [0.15, 0.2) is 0 Å². The smallest absolute Gasteiger partial charge is 0.326 e. The molecule has 1 atom stereocenters. The van der Waals surface area contributed by atoms with E-state index in [4.69, 9.17) is 5.11 Å². The first-order valence-corrected chi connectivity index (χ1v) is 4.88. The minimum absolute atomic E-state index is 0.426. The number of carbonyl (C=O) groups is 2. The lowest BCUT2D eigenvalue weighted by Crippen LogP contribution is -2.36. The van der Waals surface area contributed by atoms with Crippen LogP contribution in [0.3, 0.4) is 0 Å². The maximum absolute atomic E-state index is 10.5. The van der Waals surface area contributed by atoms with Gasteiger partial charge in [-0.25, -0.2) is 4.79 Å². The molecule has 0 bridgehead atoms. The quantitative estimate of drug-likeness (QED) is 0.449. The van der Waals surface area contributed by atoms with Gasteiger partial charge in [-0.3, -0.25) is 4.79 Å². The maximum atomic E-state index is 10.5. The highest BCUT2D eigenvalue weighted by atomic mass is 32.2. The summed E-state index contributed by atoms with van der Waals surface area (Å²) in [6.07, 6.45) is 0.905. The van der Waals surface area contributed by atoms with Crippen molar-refractivity contribution >= 4 is 24.1 Å². The van der Waals surface area contributed by atoms with Crippen LogP contribution in [-0.2, 0) is 9.59 Å². The van der Waals surface area contributed by atoms with Crippen molar-refractivity contribution in [1.82, 2.24) is 5.32 Å². The van der Waals surface area contributed by atoms with Crippen molar-refractivity contribution in [3.63, 3.8) is 0 Å². The first kappa shape index (κ1) is 11.3. The normalized spacial score (nSPS) is 12.1. The molecular weight excluding hydrogens is 178 g/mol. The molecule has 0 saturated heterocycles. The lowest BCUT2D eigenvalue weighted by Gasteiger charge is -2.09. The zero-order chi connectivity index (χ0) is 9.40. The van der Waals surface area contributed by atoms with Gasteiger partial charge in [0, 0.05) is 0 Å². The van der Waals surface area contributed by atoms with Crippen LogP contribution < -0.4 is 5.32 Å². The van der Waals surface area contributed by atoms with Gasteiger partial charge < -0.3 is 10.4 Å². The van der Waals surface area contributed by atoms with Crippen molar-refractivity contribution < 1.29 is 14.7 Å². The topological polar surface area (TPSA) is 66.4 Å². The highest BCUT2D eigenvalue weighted by molar-refractivity contribution is 7.99. The van der Waals surface area contributed by atoms with Gasteiger partial charge in [-0.1, -0.05) is 6.92 Å². The van der Waals surface area contributed by atoms with Gasteiger partial charge in [0.2, 0.25) is 6.41 Å². The number of carboxylic acids is 1. The van der Waals surface area contributed by atoms with Crippen LogP contribution in [0.15, 0.2) is 0 Å². The third-order valence-electron chi connectivity index (χ3n) is 1.32. The Morgan fingerprint density at radius 3 is 2.83 bits per heavy atom. The molecule has 0 heterocycles. The summed E-state index contributed by atoms with van der Waals surface area (Å²) in [4.78, 5) is 20.4. The van der Waals surface area contributed by atoms with Crippen LogP contribution in [0.5, 0.6) is 0 Å². The number of rotatable bonds is 7. The number of amides is 1. The van der Waals surface area contributed by atoms with Crippen LogP contribution >= 0.6 is 11.8 Å². The van der Waals surface area contributed by atoms with Crippen molar-refractivity contribution in [3.05, 3.63) is 0 Å². The summed E-state index contributed by atoms with van der Waals surface area (Å²) in [5.41, 5.74) is 0. The molecule has 0 aromatic carbocycles. The second-order valence-electron chi connectivity index (χ2n) is 2.16. The van der Waals surface area contributed by atoms with Gasteiger partial charge >= 0.3 is 5.97 Å². The van der Waals surface area contributed by atoms with E-state index in [9.17, 15) is 9.59 Å². The van der Waals surface area contributed by atoms with Crippen molar-refractivity contribution in [2.45, 2.75) is 19.4 Å². The molecule has 0 aromatic heterocycles. The Balaban J connectivity index is 3.63. The number of nitrogens with one attached hydrogen (secondary N) is 1. The number of carboxylic acid groups (broad SMARTS) is 1. The average molecular weight is 191 g/mol. The first-order valence-electron chi connectivity index (χ1n) is 3.72. The Bertz CT molecular complexity index is 152. The van der Waals surface area contributed by atoms with E-state index < -0.39 is 12.0 Å². The van der Waals surface area contributed by atoms with Gasteiger partial charge in [0.1, 0.15) is 6.04 Å². The molecule has 0 aromatic rings. The van der Waals surface area contributed by atoms with Crippen molar-refractivity contribution in [1.29, 1.82) is 0 Å². The molecule has 0 aliphatic carbocycles. The molecule has 0 aliphatic rings. The van der Waals surface area contributed by atoms with E-state index in [-0.39, 0.29) is 0 Å². The Hall–Kier alpha value is -0.710. The Labute approximate surface area is 75.7 Å². The third-order valence-corrected chi connectivity index (χ3v) is 2.25. The zero-order valence-corrected chi connectivity index (χ0v) is 7.76. The predicted molar refractivity (Wildman–Crippen MR) is 48.2 cm³/mol. The van der Waals surface area contributed by atoms with Crippen molar-refractivity contribution in [2.24, 2.45) is 0 Å². The van der Waals surface area contributed by atoms with Crippen LogP contribution in [-0.4, -0.2) is 35.0 Å². The summed E-state index contributed by atoms with van der Waals surface area (Å²) in [6, 6.07) is -0.735. The summed E-state index contributed by atoms with van der Waals surface area (Å²) in [6.45, 7) is 2.01. The number of hydrogen-bond donors (Lipinski definition) is 2. The fourth-order valence-corrected chi connectivity index (χ4v) is 1.40. The highest BCUT2D eigenvalue weighted by Crippen LogP contribution is 2.03. The maximum Gasteiger partial charge on any atom is 0.326 e. The minimum atomic E-state index is -0.973. The van der Waals surface area contributed by atoms with E-state index in [1.807, 2.05) is 6.92 Å². The van der Waals surface area contributed by atoms with Gasteiger partial charge in [-0.15, -0.1) is 0 Å². The fraction of sp³-hybridized carbons (Fsp3) is 0.714. The molecule has 0 radical (unpaired) electrons. The van der Waals surface area contributed by atoms with Crippen LogP contribution in [0.1, 0.15) is 13.3 Å². The predicted octanol–water partition coefficient (Wildman–Crippen LogP) is 0.329. The third kappa shape index (κ3) is 5.01. The van der Waals surface area contributed by atoms with Gasteiger partial charge in [-0.2, -0.15) is 11.8 Å². The molecule has 0 saturated carbocycles. The van der Waals surface area contributed by atoms with Crippen LogP contribution in [0.25, 0.3) is 0 Å². The molecule has 0 spiro atoms. The first-order chi connectivity index (χ1) is 5.72. The standard InChI is InChI=1S/C7H13NO3S/c1-2-12-4-3-6(7(10)11)8-5-9/h5-6H,2-4H2,1H3,(H,8,9)(H,10,11). The van der Waals surface area contributed by atoms with E-state index >= 15 is 0 Å². The Kier molecular flexibility index (Phi) is 6.55. The van der Waals surface area contributed by atoms with Gasteiger partial charge in [-0.05, 0) is 17.9 Å². The molecule has 0 fully saturated rings. The molecule has 12 heavy (non-hydrogen) atoms. The SMILES string of the molecule is CCSCCC(NC=O)C(=O)O. The molecule has 4 nitrogen and oxygen atoms in total. The number of thioether (sulfide) groups is 1. The number of hydrogen-bond acceptors (Lipinski definition) is 3. The largest absolute Gasteiger partial charge is 0.480 e. The van der Waals surface area contributed by atoms with E-state index in [1.165, 1.54) is 0 Å². The van der Waals surface area contributed by atoms with Crippen molar-refractivity contribution in [2.75, 3.05) is 11.5 Å². The number of carbonyl (C=O) groups excluding carboxylic acids is 1. The van der Waals surface area contributed by atoms with Crippen LogP contribution in [0.2, 0.25) is 0 Å². The van der Waals surface area contributed by atoms with E-state index in [0.29, 0.717) is 12.8 Å². The monoisotopic (exact) mass is 191 g/mol. The molecule has 70 valence electrons. The Morgan fingerprint density at radius 1 is 1.75 bits per heavy atom. The summed E-state index contributed by atoms with van der Waals surface area (Å²) >= 11 is 1.66. The molecule has 0 rings (SSSR count). The summed E-state index contributed by atoms with van der Waals surface area (Å²) in [5.74, 6) is 0.751. The van der Waals surface area contributed by atoms with Gasteiger partial charge in [0.05, 0.1) is 0 Å². The highest BCUT2D eigenvalue weighted by Gasteiger charge is 2.14. The molecular formula is C7H13NO3S. The Morgan fingerprint density at radius 2 is 2.42 bits per heavy atom. The average Bonchev–Trinajstić information content (AvgIpc) is 2.03.